The quantitative estimate of drug-likeness (QED) is 0.562. The SMILES string of the molecule is C=C(C)C(=O)OC(C)C(CO)C(C)OC(=O)C(=C)C. The monoisotopic (exact) mass is 270 g/mol. The highest BCUT2D eigenvalue weighted by Crippen LogP contribution is 2.17. The summed E-state index contributed by atoms with van der Waals surface area (Å²) in [7, 11) is 0. The lowest BCUT2D eigenvalue weighted by molar-refractivity contribution is -0.156. The number of hydrogen-bond acceptors (Lipinski definition) is 5. The molecule has 5 nitrogen and oxygen atoms in total. The smallest absolute Gasteiger partial charge is 0.333 e. The maximum absolute atomic E-state index is 11.4. The van der Waals surface area contributed by atoms with Crippen molar-refractivity contribution in [3.05, 3.63) is 24.3 Å². The molecule has 0 amide bonds. The van der Waals surface area contributed by atoms with Gasteiger partial charge in [0.15, 0.2) is 0 Å². The molecule has 0 aliphatic heterocycles. The molecular weight excluding hydrogens is 248 g/mol. The average Bonchev–Trinajstić information content (AvgIpc) is 2.29. The van der Waals surface area contributed by atoms with Crippen LogP contribution < -0.4 is 0 Å². The van der Waals surface area contributed by atoms with E-state index in [1.54, 1.807) is 13.8 Å². The summed E-state index contributed by atoms with van der Waals surface area (Å²) in [5.41, 5.74) is 0.547. The predicted octanol–water partition coefficient (Wildman–Crippen LogP) is 1.61. The zero-order chi connectivity index (χ0) is 15.2. The molecular formula is C14H22O5. The molecule has 0 bridgehead atoms. The summed E-state index contributed by atoms with van der Waals surface area (Å²) in [6.45, 7) is 13.0. The molecule has 0 spiro atoms. The van der Waals surface area contributed by atoms with E-state index >= 15 is 0 Å². The first kappa shape index (κ1) is 17.4. The minimum atomic E-state index is -0.595. The van der Waals surface area contributed by atoms with Crippen LogP contribution in [0.5, 0.6) is 0 Å². The Morgan fingerprint density at radius 1 is 1.00 bits per heavy atom. The minimum Gasteiger partial charge on any atom is -0.459 e. The predicted molar refractivity (Wildman–Crippen MR) is 71.3 cm³/mol. The number of carbonyl (C=O) groups excluding carboxylic acids is 2. The third kappa shape index (κ3) is 5.70. The van der Waals surface area contributed by atoms with Crippen molar-refractivity contribution in [2.24, 2.45) is 5.92 Å². The van der Waals surface area contributed by atoms with Crippen LogP contribution in [0.3, 0.4) is 0 Å². The van der Waals surface area contributed by atoms with E-state index < -0.39 is 30.1 Å². The second kappa shape index (κ2) is 7.74. The zero-order valence-electron chi connectivity index (χ0n) is 11.9. The van der Waals surface area contributed by atoms with Crippen molar-refractivity contribution in [2.75, 3.05) is 6.61 Å². The molecule has 0 radical (unpaired) electrons. The topological polar surface area (TPSA) is 72.8 Å². The molecule has 0 fully saturated rings. The molecule has 0 aromatic carbocycles. The second-order valence-electron chi connectivity index (χ2n) is 4.63. The highest BCUT2D eigenvalue weighted by Gasteiger charge is 2.28. The van der Waals surface area contributed by atoms with Crippen molar-refractivity contribution in [1.82, 2.24) is 0 Å². The van der Waals surface area contributed by atoms with E-state index in [9.17, 15) is 14.7 Å². The van der Waals surface area contributed by atoms with Crippen LogP contribution in [-0.4, -0.2) is 35.9 Å². The largest absolute Gasteiger partial charge is 0.459 e. The lowest BCUT2D eigenvalue weighted by Gasteiger charge is -2.27. The third-order valence-corrected chi connectivity index (χ3v) is 2.70. The molecule has 2 unspecified atom stereocenters. The molecule has 108 valence electrons. The van der Waals surface area contributed by atoms with Crippen molar-refractivity contribution in [1.29, 1.82) is 0 Å². The summed E-state index contributed by atoms with van der Waals surface area (Å²) in [4.78, 5) is 22.8. The summed E-state index contributed by atoms with van der Waals surface area (Å²) in [6.07, 6.45) is -1.19. The van der Waals surface area contributed by atoms with Crippen LogP contribution in [0, 0.1) is 5.92 Å². The Balaban J connectivity index is 4.62. The lowest BCUT2D eigenvalue weighted by Crippen LogP contribution is -2.37. The molecule has 5 heteroatoms. The summed E-state index contributed by atoms with van der Waals surface area (Å²) in [5, 5.41) is 9.34. The molecule has 0 heterocycles. The lowest BCUT2D eigenvalue weighted by atomic mass is 9.98. The van der Waals surface area contributed by atoms with E-state index in [4.69, 9.17) is 9.47 Å². The number of ether oxygens (including phenoxy) is 2. The number of carbonyl (C=O) groups is 2. The molecule has 2 atom stereocenters. The summed E-state index contributed by atoms with van der Waals surface area (Å²) in [5.74, 6) is -1.58. The zero-order valence-corrected chi connectivity index (χ0v) is 11.9. The van der Waals surface area contributed by atoms with Gasteiger partial charge in [0.25, 0.3) is 0 Å². The molecule has 0 aliphatic rings. The Bertz CT molecular complexity index is 338. The van der Waals surface area contributed by atoms with Crippen LogP contribution in [0.15, 0.2) is 24.3 Å². The maximum Gasteiger partial charge on any atom is 0.333 e. The van der Waals surface area contributed by atoms with E-state index in [2.05, 4.69) is 13.2 Å². The first-order chi connectivity index (χ1) is 8.70. The van der Waals surface area contributed by atoms with E-state index in [-0.39, 0.29) is 17.8 Å². The van der Waals surface area contributed by atoms with Crippen LogP contribution in [0.2, 0.25) is 0 Å². The van der Waals surface area contributed by atoms with Crippen LogP contribution in [0.1, 0.15) is 27.7 Å². The minimum absolute atomic E-state index is 0.269. The Hall–Kier alpha value is -1.62. The summed E-state index contributed by atoms with van der Waals surface area (Å²) in [6, 6.07) is 0. The van der Waals surface area contributed by atoms with Crippen LogP contribution in [0.4, 0.5) is 0 Å². The van der Waals surface area contributed by atoms with Gasteiger partial charge in [-0.3, -0.25) is 0 Å². The third-order valence-electron chi connectivity index (χ3n) is 2.70. The van der Waals surface area contributed by atoms with Gasteiger partial charge in [-0.15, -0.1) is 0 Å². The highest BCUT2D eigenvalue weighted by atomic mass is 16.6. The molecule has 0 aliphatic carbocycles. The Morgan fingerprint density at radius 3 is 1.53 bits per heavy atom. The van der Waals surface area contributed by atoms with E-state index in [1.807, 2.05) is 0 Å². The second-order valence-corrected chi connectivity index (χ2v) is 4.63. The van der Waals surface area contributed by atoms with E-state index in [0.29, 0.717) is 0 Å². The van der Waals surface area contributed by atoms with Gasteiger partial charge in [-0.25, -0.2) is 9.59 Å². The van der Waals surface area contributed by atoms with Crippen molar-refractivity contribution in [2.45, 2.75) is 39.9 Å². The standard InChI is InChI=1S/C14H22O5/c1-8(2)13(16)18-10(5)12(7-15)11(6)19-14(17)9(3)4/h10-12,15H,1,3,7H2,2,4-6H3. The van der Waals surface area contributed by atoms with E-state index in [1.165, 1.54) is 13.8 Å². The van der Waals surface area contributed by atoms with Crippen molar-refractivity contribution in [3.8, 4) is 0 Å². The maximum atomic E-state index is 11.4. The number of aliphatic hydroxyl groups is 1. The Kier molecular flexibility index (Phi) is 7.08. The van der Waals surface area contributed by atoms with Crippen LogP contribution in [-0.2, 0) is 19.1 Å². The number of hydrogen-bond donors (Lipinski definition) is 1. The van der Waals surface area contributed by atoms with Crippen molar-refractivity contribution < 1.29 is 24.2 Å². The highest BCUT2D eigenvalue weighted by molar-refractivity contribution is 5.87. The van der Waals surface area contributed by atoms with Gasteiger partial charge in [-0.2, -0.15) is 0 Å². The number of aliphatic hydroxyl groups excluding tert-OH is 1. The van der Waals surface area contributed by atoms with Gasteiger partial charge in [-0.05, 0) is 27.7 Å². The molecule has 19 heavy (non-hydrogen) atoms. The Labute approximate surface area is 113 Å². The van der Waals surface area contributed by atoms with Crippen LogP contribution in [0.25, 0.3) is 0 Å². The molecule has 0 aromatic heterocycles. The average molecular weight is 270 g/mol. The van der Waals surface area contributed by atoms with Gasteiger partial charge in [0.05, 0.1) is 12.5 Å². The van der Waals surface area contributed by atoms with Crippen molar-refractivity contribution in [3.63, 3.8) is 0 Å². The fraction of sp³-hybridized carbons (Fsp3) is 0.571. The van der Waals surface area contributed by atoms with Gasteiger partial charge in [0.2, 0.25) is 0 Å². The van der Waals surface area contributed by atoms with Crippen LogP contribution >= 0.6 is 0 Å². The van der Waals surface area contributed by atoms with E-state index in [0.717, 1.165) is 0 Å². The van der Waals surface area contributed by atoms with Gasteiger partial charge < -0.3 is 14.6 Å². The van der Waals surface area contributed by atoms with Gasteiger partial charge in [-0.1, -0.05) is 13.2 Å². The van der Waals surface area contributed by atoms with Gasteiger partial charge in [0, 0.05) is 11.1 Å². The molecule has 0 aromatic rings. The fourth-order valence-electron chi connectivity index (χ4n) is 1.39. The molecule has 0 saturated carbocycles. The molecule has 1 N–H and O–H groups in total. The van der Waals surface area contributed by atoms with Crippen molar-refractivity contribution >= 4 is 11.9 Å². The number of esters is 2. The normalized spacial score (nSPS) is 15.0. The van der Waals surface area contributed by atoms with Gasteiger partial charge in [0.1, 0.15) is 12.2 Å². The first-order valence-corrected chi connectivity index (χ1v) is 6.04. The Morgan fingerprint density at radius 2 is 1.32 bits per heavy atom. The molecule has 0 saturated heterocycles. The molecule has 0 rings (SSSR count). The summed E-state index contributed by atoms with van der Waals surface area (Å²) < 4.78 is 10.2. The number of rotatable bonds is 7. The first-order valence-electron chi connectivity index (χ1n) is 6.04. The van der Waals surface area contributed by atoms with Gasteiger partial charge >= 0.3 is 11.9 Å². The fourth-order valence-corrected chi connectivity index (χ4v) is 1.39. The summed E-state index contributed by atoms with van der Waals surface area (Å²) >= 11 is 0.